The summed E-state index contributed by atoms with van der Waals surface area (Å²) in [5.74, 6) is 0.172. The van der Waals surface area contributed by atoms with Gasteiger partial charge in [0.15, 0.2) is 0 Å². The molecule has 0 unspecified atom stereocenters. The Hall–Kier alpha value is -1.87. The summed E-state index contributed by atoms with van der Waals surface area (Å²) in [6.07, 6.45) is 5.66. The molecular weight excluding hydrogens is 254 g/mol. The van der Waals surface area contributed by atoms with E-state index in [1.807, 2.05) is 23.9 Å². The minimum Gasteiger partial charge on any atom is -0.337 e. The van der Waals surface area contributed by atoms with Gasteiger partial charge in [-0.05, 0) is 38.7 Å². The van der Waals surface area contributed by atoms with Crippen molar-refractivity contribution in [2.24, 2.45) is 5.92 Å². The number of carbonyl (C=O) groups excluding carboxylic acids is 1. The number of hydrogen-bond donors (Lipinski definition) is 2. The first-order valence-electron chi connectivity index (χ1n) is 6.96. The topological polar surface area (TPSA) is 82.7 Å². The molecule has 0 saturated heterocycles. The fraction of sp³-hybridized carbons (Fsp3) is 0.643. The standard InChI is InChI=1S/C14H21N5O/c1-11(9-19-7-3-6-17-19)16-8-13(20)18-14(2,10-15)12-4-5-12/h3,6-7,11-12,16H,4-5,8-9H2,1-2H3,(H,18,20)/t11-,14-/m0/s1. The summed E-state index contributed by atoms with van der Waals surface area (Å²) in [7, 11) is 0. The molecule has 0 aliphatic heterocycles. The molecule has 108 valence electrons. The van der Waals surface area contributed by atoms with Crippen LogP contribution in [0.2, 0.25) is 0 Å². The van der Waals surface area contributed by atoms with Gasteiger partial charge in [0.1, 0.15) is 5.54 Å². The molecule has 6 heteroatoms. The van der Waals surface area contributed by atoms with Crippen LogP contribution in [0, 0.1) is 17.2 Å². The second kappa shape index (κ2) is 6.06. The lowest BCUT2D eigenvalue weighted by Gasteiger charge is -2.23. The first-order valence-corrected chi connectivity index (χ1v) is 6.96. The monoisotopic (exact) mass is 275 g/mol. The van der Waals surface area contributed by atoms with Crippen molar-refractivity contribution in [2.45, 2.75) is 44.8 Å². The number of amides is 1. The van der Waals surface area contributed by atoms with E-state index < -0.39 is 5.54 Å². The molecule has 1 aliphatic rings. The Bertz CT molecular complexity index is 488. The van der Waals surface area contributed by atoms with Gasteiger partial charge in [0.2, 0.25) is 5.91 Å². The number of carbonyl (C=O) groups is 1. The second-order valence-electron chi connectivity index (χ2n) is 5.65. The predicted octanol–water partition coefficient (Wildman–Crippen LogP) is 0.670. The molecule has 1 aromatic rings. The Kier molecular flexibility index (Phi) is 4.40. The lowest BCUT2D eigenvalue weighted by molar-refractivity contribution is -0.121. The summed E-state index contributed by atoms with van der Waals surface area (Å²) in [5, 5.41) is 19.3. The largest absolute Gasteiger partial charge is 0.337 e. The highest BCUT2D eigenvalue weighted by Gasteiger charge is 2.42. The van der Waals surface area contributed by atoms with Crippen LogP contribution < -0.4 is 10.6 Å². The first-order chi connectivity index (χ1) is 9.53. The molecule has 2 N–H and O–H groups in total. The van der Waals surface area contributed by atoms with Crippen molar-refractivity contribution in [3.63, 3.8) is 0 Å². The summed E-state index contributed by atoms with van der Waals surface area (Å²) in [6.45, 7) is 4.72. The highest BCUT2D eigenvalue weighted by atomic mass is 16.2. The molecular formula is C14H21N5O. The number of nitrogens with one attached hydrogen (secondary N) is 2. The van der Waals surface area contributed by atoms with Gasteiger partial charge in [0.25, 0.3) is 0 Å². The van der Waals surface area contributed by atoms with Gasteiger partial charge in [-0.1, -0.05) is 0 Å². The molecule has 1 aliphatic carbocycles. The van der Waals surface area contributed by atoms with E-state index in [9.17, 15) is 10.1 Å². The van der Waals surface area contributed by atoms with Gasteiger partial charge in [-0.3, -0.25) is 9.48 Å². The van der Waals surface area contributed by atoms with E-state index >= 15 is 0 Å². The summed E-state index contributed by atoms with van der Waals surface area (Å²) in [6, 6.07) is 4.22. The minimum atomic E-state index is -0.718. The fourth-order valence-corrected chi connectivity index (χ4v) is 2.24. The van der Waals surface area contributed by atoms with Crippen molar-refractivity contribution in [1.82, 2.24) is 20.4 Å². The van der Waals surface area contributed by atoms with Gasteiger partial charge < -0.3 is 10.6 Å². The third-order valence-electron chi connectivity index (χ3n) is 3.66. The highest BCUT2D eigenvalue weighted by molar-refractivity contribution is 5.79. The van der Waals surface area contributed by atoms with E-state index in [0.29, 0.717) is 12.5 Å². The molecule has 20 heavy (non-hydrogen) atoms. The average Bonchev–Trinajstić information content (AvgIpc) is 3.17. The van der Waals surface area contributed by atoms with Crippen molar-refractivity contribution in [2.75, 3.05) is 6.54 Å². The first kappa shape index (κ1) is 14.5. The number of aromatic nitrogens is 2. The van der Waals surface area contributed by atoms with E-state index in [4.69, 9.17) is 0 Å². The number of nitriles is 1. The normalized spacial score (nSPS) is 18.9. The van der Waals surface area contributed by atoms with Crippen LogP contribution in [0.3, 0.4) is 0 Å². The summed E-state index contributed by atoms with van der Waals surface area (Å²) in [5.41, 5.74) is -0.718. The van der Waals surface area contributed by atoms with Crippen LogP contribution >= 0.6 is 0 Å². The molecule has 1 saturated carbocycles. The molecule has 1 aromatic heterocycles. The van der Waals surface area contributed by atoms with Gasteiger partial charge in [0, 0.05) is 18.4 Å². The third-order valence-corrected chi connectivity index (χ3v) is 3.66. The quantitative estimate of drug-likeness (QED) is 0.766. The number of rotatable bonds is 7. The minimum absolute atomic E-state index is 0.131. The van der Waals surface area contributed by atoms with E-state index in [0.717, 1.165) is 12.8 Å². The molecule has 6 nitrogen and oxygen atoms in total. The van der Waals surface area contributed by atoms with Gasteiger partial charge in [-0.2, -0.15) is 10.4 Å². The molecule has 2 atom stereocenters. The zero-order chi connectivity index (χ0) is 14.6. The van der Waals surface area contributed by atoms with Crippen molar-refractivity contribution in [1.29, 1.82) is 5.26 Å². The zero-order valence-corrected chi connectivity index (χ0v) is 12.0. The summed E-state index contributed by atoms with van der Waals surface area (Å²) in [4.78, 5) is 11.9. The van der Waals surface area contributed by atoms with Crippen LogP contribution in [0.5, 0.6) is 0 Å². The van der Waals surface area contributed by atoms with Crippen molar-refractivity contribution in [3.8, 4) is 6.07 Å². The molecule has 1 amide bonds. The Morgan fingerprint density at radius 1 is 1.65 bits per heavy atom. The molecule has 2 rings (SSSR count). The van der Waals surface area contributed by atoms with Crippen LogP contribution in [-0.4, -0.2) is 33.8 Å². The SMILES string of the molecule is C[C@@H](Cn1cccn1)NCC(=O)N[C@@](C)(C#N)C1CC1. The maximum Gasteiger partial charge on any atom is 0.235 e. The second-order valence-corrected chi connectivity index (χ2v) is 5.65. The number of hydrogen-bond acceptors (Lipinski definition) is 4. The van der Waals surface area contributed by atoms with E-state index in [1.165, 1.54) is 0 Å². The molecule has 0 aromatic carbocycles. The molecule has 0 radical (unpaired) electrons. The van der Waals surface area contributed by atoms with Crippen LogP contribution in [-0.2, 0) is 11.3 Å². The Balaban J connectivity index is 1.73. The molecule has 1 heterocycles. The van der Waals surface area contributed by atoms with Crippen LogP contribution in [0.4, 0.5) is 0 Å². The molecule has 0 spiro atoms. The third kappa shape index (κ3) is 3.81. The van der Waals surface area contributed by atoms with Gasteiger partial charge in [-0.25, -0.2) is 0 Å². The lowest BCUT2D eigenvalue weighted by Crippen LogP contribution is -2.50. The smallest absolute Gasteiger partial charge is 0.235 e. The lowest BCUT2D eigenvalue weighted by atomic mass is 9.98. The van der Waals surface area contributed by atoms with Crippen LogP contribution in [0.25, 0.3) is 0 Å². The Morgan fingerprint density at radius 3 is 2.95 bits per heavy atom. The van der Waals surface area contributed by atoms with E-state index in [-0.39, 0.29) is 18.5 Å². The van der Waals surface area contributed by atoms with Crippen LogP contribution in [0.15, 0.2) is 18.5 Å². The van der Waals surface area contributed by atoms with E-state index in [2.05, 4.69) is 21.8 Å². The Morgan fingerprint density at radius 2 is 2.40 bits per heavy atom. The van der Waals surface area contributed by atoms with Crippen molar-refractivity contribution in [3.05, 3.63) is 18.5 Å². The van der Waals surface area contributed by atoms with Gasteiger partial charge in [0.05, 0.1) is 19.2 Å². The molecule has 0 bridgehead atoms. The Labute approximate surface area is 119 Å². The van der Waals surface area contributed by atoms with Crippen molar-refractivity contribution >= 4 is 5.91 Å². The maximum atomic E-state index is 11.9. The van der Waals surface area contributed by atoms with E-state index in [1.54, 1.807) is 13.1 Å². The summed E-state index contributed by atoms with van der Waals surface area (Å²) < 4.78 is 1.82. The zero-order valence-electron chi connectivity index (χ0n) is 12.0. The number of nitrogens with zero attached hydrogens (tertiary/aromatic N) is 3. The van der Waals surface area contributed by atoms with Gasteiger partial charge in [-0.15, -0.1) is 0 Å². The molecule has 1 fully saturated rings. The fourth-order valence-electron chi connectivity index (χ4n) is 2.24. The van der Waals surface area contributed by atoms with Crippen molar-refractivity contribution < 1.29 is 4.79 Å². The maximum absolute atomic E-state index is 11.9. The predicted molar refractivity (Wildman–Crippen MR) is 74.6 cm³/mol. The average molecular weight is 275 g/mol. The highest BCUT2D eigenvalue weighted by Crippen LogP contribution is 2.39. The van der Waals surface area contributed by atoms with Gasteiger partial charge >= 0.3 is 0 Å². The summed E-state index contributed by atoms with van der Waals surface area (Å²) >= 11 is 0. The van der Waals surface area contributed by atoms with Crippen LogP contribution in [0.1, 0.15) is 26.7 Å².